The first-order valence-corrected chi connectivity index (χ1v) is 8.13. The lowest BCUT2D eigenvalue weighted by atomic mass is 10.1. The number of halogens is 1. The molecule has 25 heavy (non-hydrogen) atoms. The number of hydrogen-bond donors (Lipinski definition) is 0. The number of rotatable bonds is 5. The summed E-state index contributed by atoms with van der Waals surface area (Å²) in [7, 11) is 1.52. The Morgan fingerprint density at radius 2 is 2.16 bits per heavy atom. The van der Waals surface area contributed by atoms with Crippen molar-refractivity contribution in [1.82, 2.24) is 9.97 Å². The van der Waals surface area contributed by atoms with Gasteiger partial charge in [0.05, 0.1) is 31.1 Å². The summed E-state index contributed by atoms with van der Waals surface area (Å²) in [5.74, 6) is 0.394. The standard InChI is InChI=1S/C19H18FN3O2/c1-24-19-18(25-16-4-2-3-5-16)9-15(11-23-19)14(10-21)8-13-6-7-22-12-17(13)20/h6-9,11-12,16H,2-5H2,1H3. The molecule has 1 aliphatic rings. The summed E-state index contributed by atoms with van der Waals surface area (Å²) in [6.45, 7) is 0. The molecule has 0 atom stereocenters. The largest absolute Gasteiger partial charge is 0.485 e. The van der Waals surface area contributed by atoms with E-state index in [9.17, 15) is 9.65 Å². The maximum absolute atomic E-state index is 13.8. The monoisotopic (exact) mass is 339 g/mol. The van der Waals surface area contributed by atoms with Crippen molar-refractivity contribution >= 4 is 11.6 Å². The Hall–Kier alpha value is -2.94. The molecular formula is C19H18FN3O2. The molecule has 0 amide bonds. The van der Waals surface area contributed by atoms with Crippen LogP contribution in [0.4, 0.5) is 4.39 Å². The van der Waals surface area contributed by atoms with E-state index < -0.39 is 5.82 Å². The van der Waals surface area contributed by atoms with Crippen molar-refractivity contribution in [2.24, 2.45) is 0 Å². The van der Waals surface area contributed by atoms with Gasteiger partial charge in [0.1, 0.15) is 5.82 Å². The zero-order valence-corrected chi connectivity index (χ0v) is 13.9. The Kier molecular flexibility index (Phi) is 5.24. The van der Waals surface area contributed by atoms with E-state index in [1.807, 2.05) is 0 Å². The molecule has 0 spiro atoms. The van der Waals surface area contributed by atoms with Crippen LogP contribution in [0.1, 0.15) is 36.8 Å². The van der Waals surface area contributed by atoms with E-state index >= 15 is 0 Å². The number of pyridine rings is 2. The number of aromatic nitrogens is 2. The first-order chi connectivity index (χ1) is 12.2. The third-order valence-electron chi connectivity index (χ3n) is 4.14. The van der Waals surface area contributed by atoms with Crippen molar-refractivity contribution < 1.29 is 13.9 Å². The van der Waals surface area contributed by atoms with Crippen LogP contribution in [0.5, 0.6) is 11.6 Å². The molecule has 5 nitrogen and oxygen atoms in total. The maximum Gasteiger partial charge on any atom is 0.256 e. The SMILES string of the molecule is COc1ncc(C(C#N)=Cc2ccncc2F)cc1OC1CCCC1. The molecule has 2 heterocycles. The molecule has 0 unspecified atom stereocenters. The summed E-state index contributed by atoms with van der Waals surface area (Å²) in [5.41, 5.74) is 1.13. The lowest BCUT2D eigenvalue weighted by molar-refractivity contribution is 0.198. The average molecular weight is 339 g/mol. The second kappa shape index (κ2) is 7.75. The quantitative estimate of drug-likeness (QED) is 0.770. The van der Waals surface area contributed by atoms with Crippen LogP contribution in [0.15, 0.2) is 30.7 Å². The van der Waals surface area contributed by atoms with Crippen molar-refractivity contribution in [2.75, 3.05) is 7.11 Å². The molecule has 0 bridgehead atoms. The van der Waals surface area contributed by atoms with E-state index in [-0.39, 0.29) is 11.7 Å². The molecule has 6 heteroatoms. The Balaban J connectivity index is 1.95. The van der Waals surface area contributed by atoms with Gasteiger partial charge in [-0.15, -0.1) is 0 Å². The molecule has 0 radical (unpaired) electrons. The lowest BCUT2D eigenvalue weighted by Gasteiger charge is -2.15. The molecular weight excluding hydrogens is 321 g/mol. The molecule has 1 saturated carbocycles. The Morgan fingerprint density at radius 1 is 1.36 bits per heavy atom. The molecule has 1 fully saturated rings. The third-order valence-corrected chi connectivity index (χ3v) is 4.14. The predicted molar refractivity (Wildman–Crippen MR) is 91.4 cm³/mol. The summed E-state index contributed by atoms with van der Waals surface area (Å²) in [6.07, 6.45) is 10.0. The van der Waals surface area contributed by atoms with Crippen LogP contribution < -0.4 is 9.47 Å². The van der Waals surface area contributed by atoms with Crippen molar-refractivity contribution in [1.29, 1.82) is 5.26 Å². The number of ether oxygens (including phenoxy) is 2. The van der Waals surface area contributed by atoms with Crippen molar-refractivity contribution in [3.05, 3.63) is 47.7 Å². The molecule has 2 aromatic heterocycles. The average Bonchev–Trinajstić information content (AvgIpc) is 3.14. The van der Waals surface area contributed by atoms with Crippen molar-refractivity contribution in [3.63, 3.8) is 0 Å². The van der Waals surface area contributed by atoms with E-state index in [1.165, 1.54) is 31.6 Å². The summed E-state index contributed by atoms with van der Waals surface area (Å²) >= 11 is 0. The number of nitriles is 1. The van der Waals surface area contributed by atoms with Gasteiger partial charge in [0.15, 0.2) is 5.75 Å². The van der Waals surface area contributed by atoms with Crippen LogP contribution in [-0.2, 0) is 0 Å². The van der Waals surface area contributed by atoms with Crippen LogP contribution >= 0.6 is 0 Å². The highest BCUT2D eigenvalue weighted by Crippen LogP contribution is 2.32. The molecule has 0 aliphatic heterocycles. The Bertz CT molecular complexity index is 824. The Morgan fingerprint density at radius 3 is 2.84 bits per heavy atom. The first-order valence-electron chi connectivity index (χ1n) is 8.13. The number of nitrogens with zero attached hydrogens (tertiary/aromatic N) is 3. The van der Waals surface area contributed by atoms with Gasteiger partial charge in [-0.3, -0.25) is 4.98 Å². The summed E-state index contributed by atoms with van der Waals surface area (Å²) in [5, 5.41) is 9.48. The van der Waals surface area contributed by atoms with Gasteiger partial charge < -0.3 is 9.47 Å². The van der Waals surface area contributed by atoms with E-state index in [4.69, 9.17) is 9.47 Å². The smallest absolute Gasteiger partial charge is 0.256 e. The summed E-state index contributed by atoms with van der Waals surface area (Å²) in [6, 6.07) is 5.32. The minimum Gasteiger partial charge on any atom is -0.485 e. The third kappa shape index (κ3) is 3.94. The van der Waals surface area contributed by atoms with E-state index in [2.05, 4.69) is 16.0 Å². The lowest BCUT2D eigenvalue weighted by Crippen LogP contribution is -2.12. The van der Waals surface area contributed by atoms with E-state index in [0.717, 1.165) is 31.9 Å². The fraction of sp³-hybridized carbons (Fsp3) is 0.316. The van der Waals surface area contributed by atoms with Crippen LogP contribution in [0, 0.1) is 17.1 Å². The van der Waals surface area contributed by atoms with Gasteiger partial charge in [-0.2, -0.15) is 5.26 Å². The van der Waals surface area contributed by atoms with E-state index in [0.29, 0.717) is 22.8 Å². The molecule has 0 saturated heterocycles. The highest BCUT2D eigenvalue weighted by Gasteiger charge is 2.20. The molecule has 3 rings (SSSR count). The van der Waals surface area contributed by atoms with Gasteiger partial charge >= 0.3 is 0 Å². The van der Waals surface area contributed by atoms with Gasteiger partial charge in [0.2, 0.25) is 0 Å². The molecule has 128 valence electrons. The normalized spacial score (nSPS) is 15.0. The van der Waals surface area contributed by atoms with Crippen LogP contribution in [0.2, 0.25) is 0 Å². The van der Waals surface area contributed by atoms with Gasteiger partial charge in [-0.25, -0.2) is 9.37 Å². The zero-order valence-electron chi connectivity index (χ0n) is 13.9. The van der Waals surface area contributed by atoms with Gasteiger partial charge in [-0.1, -0.05) is 0 Å². The van der Waals surface area contributed by atoms with Crippen molar-refractivity contribution in [3.8, 4) is 17.7 Å². The highest BCUT2D eigenvalue weighted by atomic mass is 19.1. The number of hydrogen-bond acceptors (Lipinski definition) is 5. The molecule has 0 N–H and O–H groups in total. The van der Waals surface area contributed by atoms with Gasteiger partial charge in [0.25, 0.3) is 5.88 Å². The van der Waals surface area contributed by atoms with Crippen LogP contribution in [0.3, 0.4) is 0 Å². The van der Waals surface area contributed by atoms with Gasteiger partial charge in [-0.05, 0) is 43.9 Å². The Labute approximate surface area is 145 Å². The fourth-order valence-electron chi connectivity index (χ4n) is 2.84. The second-order valence-electron chi connectivity index (χ2n) is 5.82. The number of methoxy groups -OCH3 is 1. The minimum atomic E-state index is -0.487. The summed E-state index contributed by atoms with van der Waals surface area (Å²) in [4.78, 5) is 7.94. The van der Waals surface area contributed by atoms with Crippen LogP contribution in [0.25, 0.3) is 11.6 Å². The second-order valence-corrected chi connectivity index (χ2v) is 5.82. The summed E-state index contributed by atoms with van der Waals surface area (Å²) < 4.78 is 25.0. The number of allylic oxidation sites excluding steroid dienone is 1. The van der Waals surface area contributed by atoms with Gasteiger partial charge in [0, 0.05) is 23.5 Å². The fourth-order valence-corrected chi connectivity index (χ4v) is 2.84. The zero-order chi connectivity index (χ0) is 17.6. The first kappa shape index (κ1) is 16.9. The van der Waals surface area contributed by atoms with Crippen LogP contribution in [-0.4, -0.2) is 23.2 Å². The maximum atomic E-state index is 13.8. The molecule has 2 aromatic rings. The molecule has 1 aliphatic carbocycles. The minimum absolute atomic E-state index is 0.137. The van der Waals surface area contributed by atoms with Crippen molar-refractivity contribution in [2.45, 2.75) is 31.8 Å². The predicted octanol–water partition coefficient (Wildman–Crippen LogP) is 4.01. The molecule has 0 aromatic carbocycles. The topological polar surface area (TPSA) is 68.0 Å². The highest BCUT2D eigenvalue weighted by molar-refractivity contribution is 5.89. The van der Waals surface area contributed by atoms with E-state index in [1.54, 1.807) is 6.07 Å².